The number of amides is 1. The number of aromatic hydroxyl groups is 1. The van der Waals surface area contributed by atoms with Crippen LogP contribution in [0.5, 0.6) is 5.75 Å². The van der Waals surface area contributed by atoms with Crippen molar-refractivity contribution in [2.75, 3.05) is 11.9 Å². The van der Waals surface area contributed by atoms with E-state index in [1.165, 1.54) is 0 Å². The van der Waals surface area contributed by atoms with E-state index in [1.807, 2.05) is 60.4 Å². The number of rotatable bonds is 7. The minimum Gasteiger partial charge on any atom is -0.508 e. The molecule has 0 aliphatic carbocycles. The van der Waals surface area contributed by atoms with Crippen molar-refractivity contribution in [2.45, 2.75) is 20.0 Å². The third-order valence-electron chi connectivity index (χ3n) is 4.01. The third-order valence-corrected chi connectivity index (χ3v) is 4.01. The second-order valence-electron chi connectivity index (χ2n) is 6.27. The van der Waals surface area contributed by atoms with Crippen molar-refractivity contribution < 1.29 is 14.3 Å². The number of anilines is 1. The molecule has 0 bridgehead atoms. The molecule has 0 radical (unpaired) electrons. The van der Waals surface area contributed by atoms with Crippen molar-refractivity contribution in [2.24, 2.45) is 0 Å². The predicted octanol–water partition coefficient (Wildman–Crippen LogP) is 3.93. The third kappa shape index (κ3) is 4.97. The van der Waals surface area contributed by atoms with Gasteiger partial charge in [0.05, 0.1) is 19.4 Å². The molecule has 5 nitrogen and oxygen atoms in total. The number of aryl methyl sites for hydroxylation is 1. The Balaban J connectivity index is 1.70. The number of hydrogen-bond acceptors (Lipinski definition) is 4. The fourth-order valence-corrected chi connectivity index (χ4v) is 2.80. The Hall–Kier alpha value is -3.05. The van der Waals surface area contributed by atoms with E-state index in [0.717, 1.165) is 22.6 Å². The average Bonchev–Trinajstić information content (AvgIpc) is 3.10. The largest absolute Gasteiger partial charge is 0.508 e. The smallest absolute Gasteiger partial charge is 0.238 e. The van der Waals surface area contributed by atoms with E-state index in [9.17, 15) is 9.90 Å². The highest BCUT2D eigenvalue weighted by Crippen LogP contribution is 2.19. The molecule has 0 atom stereocenters. The lowest BCUT2D eigenvalue weighted by Gasteiger charge is -2.21. The van der Waals surface area contributed by atoms with Gasteiger partial charge >= 0.3 is 0 Å². The fraction of sp³-hybridized carbons (Fsp3) is 0.190. The van der Waals surface area contributed by atoms with Gasteiger partial charge in [0.1, 0.15) is 11.5 Å². The van der Waals surface area contributed by atoms with Crippen LogP contribution in [0.2, 0.25) is 0 Å². The normalized spacial score (nSPS) is 10.8. The summed E-state index contributed by atoms with van der Waals surface area (Å²) in [4.78, 5) is 14.4. The molecular formula is C21H22N2O3. The Morgan fingerprint density at radius 2 is 1.92 bits per heavy atom. The van der Waals surface area contributed by atoms with Crippen molar-refractivity contribution >= 4 is 11.6 Å². The van der Waals surface area contributed by atoms with Gasteiger partial charge in [-0.2, -0.15) is 0 Å². The monoisotopic (exact) mass is 350 g/mol. The zero-order chi connectivity index (χ0) is 18.4. The van der Waals surface area contributed by atoms with Crippen LogP contribution in [-0.2, 0) is 17.9 Å². The lowest BCUT2D eigenvalue weighted by atomic mass is 10.2. The number of para-hydroxylation sites is 1. The van der Waals surface area contributed by atoms with Crippen molar-refractivity contribution in [3.05, 3.63) is 83.8 Å². The Labute approximate surface area is 152 Å². The van der Waals surface area contributed by atoms with Gasteiger partial charge in [0.15, 0.2) is 0 Å². The van der Waals surface area contributed by atoms with E-state index in [2.05, 4.69) is 5.32 Å². The van der Waals surface area contributed by atoms with Crippen LogP contribution >= 0.6 is 0 Å². The first-order valence-electron chi connectivity index (χ1n) is 8.48. The first-order valence-corrected chi connectivity index (χ1v) is 8.48. The molecule has 26 heavy (non-hydrogen) atoms. The van der Waals surface area contributed by atoms with Crippen molar-refractivity contribution in [1.29, 1.82) is 0 Å². The number of benzene rings is 2. The summed E-state index contributed by atoms with van der Waals surface area (Å²) in [5.41, 5.74) is 2.63. The topological polar surface area (TPSA) is 65.7 Å². The lowest BCUT2D eigenvalue weighted by molar-refractivity contribution is -0.117. The Kier molecular flexibility index (Phi) is 5.71. The van der Waals surface area contributed by atoms with Crippen molar-refractivity contribution in [3.8, 4) is 5.75 Å². The molecule has 0 fully saturated rings. The molecule has 5 heteroatoms. The maximum atomic E-state index is 12.5. The highest BCUT2D eigenvalue weighted by atomic mass is 16.3. The summed E-state index contributed by atoms with van der Waals surface area (Å²) in [7, 11) is 0. The number of carbonyl (C=O) groups excluding carboxylic acids is 1. The van der Waals surface area contributed by atoms with Gasteiger partial charge in [0, 0.05) is 17.8 Å². The van der Waals surface area contributed by atoms with Crippen LogP contribution in [0.4, 0.5) is 5.69 Å². The summed E-state index contributed by atoms with van der Waals surface area (Å²) < 4.78 is 5.41. The van der Waals surface area contributed by atoms with E-state index >= 15 is 0 Å². The fourth-order valence-electron chi connectivity index (χ4n) is 2.80. The number of carbonyl (C=O) groups is 1. The molecular weight excluding hydrogens is 328 g/mol. The molecule has 0 aliphatic rings. The van der Waals surface area contributed by atoms with Gasteiger partial charge in [-0.15, -0.1) is 0 Å². The Morgan fingerprint density at radius 3 is 2.65 bits per heavy atom. The molecule has 1 heterocycles. The van der Waals surface area contributed by atoms with Gasteiger partial charge in [0.2, 0.25) is 5.91 Å². The second-order valence-corrected chi connectivity index (χ2v) is 6.27. The summed E-state index contributed by atoms with van der Waals surface area (Å²) >= 11 is 0. The summed E-state index contributed by atoms with van der Waals surface area (Å²) in [6.07, 6.45) is 1.61. The van der Waals surface area contributed by atoms with Gasteiger partial charge in [0.25, 0.3) is 0 Å². The highest BCUT2D eigenvalue weighted by molar-refractivity contribution is 5.92. The molecule has 0 unspecified atom stereocenters. The van der Waals surface area contributed by atoms with Crippen LogP contribution in [0.25, 0.3) is 0 Å². The van der Waals surface area contributed by atoms with Crippen LogP contribution in [-0.4, -0.2) is 22.5 Å². The minimum absolute atomic E-state index is 0.113. The molecule has 134 valence electrons. The summed E-state index contributed by atoms with van der Waals surface area (Å²) in [5.74, 6) is 0.873. The number of nitrogens with one attached hydrogen (secondary N) is 1. The van der Waals surface area contributed by atoms with Gasteiger partial charge in [-0.3, -0.25) is 9.69 Å². The summed E-state index contributed by atoms with van der Waals surface area (Å²) in [6, 6.07) is 18.5. The van der Waals surface area contributed by atoms with Crippen LogP contribution in [0, 0.1) is 6.92 Å². The van der Waals surface area contributed by atoms with Gasteiger partial charge < -0.3 is 14.8 Å². The van der Waals surface area contributed by atoms with Crippen molar-refractivity contribution in [3.63, 3.8) is 0 Å². The molecule has 2 aromatic carbocycles. The maximum Gasteiger partial charge on any atom is 0.238 e. The molecule has 0 aliphatic heterocycles. The lowest BCUT2D eigenvalue weighted by Crippen LogP contribution is -2.32. The molecule has 0 spiro atoms. The van der Waals surface area contributed by atoms with E-state index in [4.69, 9.17) is 4.42 Å². The second kappa shape index (κ2) is 8.36. The van der Waals surface area contributed by atoms with Gasteiger partial charge in [-0.1, -0.05) is 30.3 Å². The Bertz CT molecular complexity index is 859. The van der Waals surface area contributed by atoms with Crippen molar-refractivity contribution in [1.82, 2.24) is 4.90 Å². The molecule has 0 saturated carbocycles. The average molecular weight is 350 g/mol. The SMILES string of the molecule is Cc1cccc(NC(=O)CN(Cc2ccco2)Cc2ccccc2O)c1. The number of nitrogens with zero attached hydrogens (tertiary/aromatic N) is 1. The van der Waals surface area contributed by atoms with Crippen LogP contribution in [0.1, 0.15) is 16.9 Å². The van der Waals surface area contributed by atoms with Gasteiger partial charge in [-0.05, 0) is 42.8 Å². The van der Waals surface area contributed by atoms with E-state index in [0.29, 0.717) is 13.1 Å². The highest BCUT2D eigenvalue weighted by Gasteiger charge is 2.15. The van der Waals surface area contributed by atoms with Gasteiger partial charge in [-0.25, -0.2) is 0 Å². The molecule has 3 aromatic rings. The van der Waals surface area contributed by atoms with E-state index in [1.54, 1.807) is 18.4 Å². The molecule has 3 rings (SSSR count). The zero-order valence-corrected chi connectivity index (χ0v) is 14.7. The van der Waals surface area contributed by atoms with Crippen LogP contribution < -0.4 is 5.32 Å². The quantitative estimate of drug-likeness (QED) is 0.677. The molecule has 1 amide bonds. The number of furan rings is 1. The van der Waals surface area contributed by atoms with E-state index < -0.39 is 0 Å². The molecule has 1 aromatic heterocycles. The maximum absolute atomic E-state index is 12.5. The molecule has 2 N–H and O–H groups in total. The van der Waals surface area contributed by atoms with Crippen LogP contribution in [0.3, 0.4) is 0 Å². The minimum atomic E-state index is -0.113. The predicted molar refractivity (Wildman–Crippen MR) is 101 cm³/mol. The number of hydrogen-bond donors (Lipinski definition) is 2. The first kappa shape index (κ1) is 17.8. The number of phenolic OH excluding ortho intramolecular Hbond substituents is 1. The Morgan fingerprint density at radius 1 is 1.08 bits per heavy atom. The van der Waals surface area contributed by atoms with E-state index in [-0.39, 0.29) is 18.2 Å². The van der Waals surface area contributed by atoms with Crippen LogP contribution in [0.15, 0.2) is 71.3 Å². The summed E-state index contributed by atoms with van der Waals surface area (Å²) in [6.45, 7) is 3.08. The number of phenols is 1. The zero-order valence-electron chi connectivity index (χ0n) is 14.7. The first-order chi connectivity index (χ1) is 12.6. The summed E-state index contributed by atoms with van der Waals surface area (Å²) in [5, 5.41) is 13.0. The molecule has 0 saturated heterocycles. The standard InChI is InChI=1S/C21H22N2O3/c1-16-6-4-8-18(12-16)22-21(25)15-23(14-19-9-5-11-26-19)13-17-7-2-3-10-20(17)24/h2-12,24H,13-15H2,1H3,(H,22,25).